The molecule has 1 saturated heterocycles. The average Bonchev–Trinajstić information content (AvgIpc) is 3.29. The first-order chi connectivity index (χ1) is 14.9. The third kappa shape index (κ3) is 4.05. The minimum Gasteiger partial charge on any atom is -0.337 e. The van der Waals surface area contributed by atoms with Gasteiger partial charge in [-0.25, -0.2) is 4.79 Å². The molecule has 1 aliphatic heterocycles. The maximum absolute atomic E-state index is 13.3. The topological polar surface area (TPSA) is 77.2 Å². The largest absolute Gasteiger partial charge is 0.352 e. The van der Waals surface area contributed by atoms with E-state index in [1.807, 2.05) is 26.0 Å². The van der Waals surface area contributed by atoms with E-state index in [2.05, 4.69) is 5.10 Å². The van der Waals surface area contributed by atoms with Crippen LogP contribution in [0.4, 0.5) is 0 Å². The van der Waals surface area contributed by atoms with E-state index in [4.69, 9.17) is 11.6 Å². The number of hydrogen-bond donors (Lipinski definition) is 0. The lowest BCUT2D eigenvalue weighted by atomic mass is 10.1. The predicted molar refractivity (Wildman–Crippen MR) is 119 cm³/mol. The first-order valence-electron chi connectivity index (χ1n) is 10.2. The zero-order chi connectivity index (χ0) is 22.1. The van der Waals surface area contributed by atoms with Crippen molar-refractivity contribution in [2.45, 2.75) is 33.2 Å². The van der Waals surface area contributed by atoms with Gasteiger partial charge < -0.3 is 4.90 Å². The van der Waals surface area contributed by atoms with Crippen LogP contribution in [0.3, 0.4) is 0 Å². The van der Waals surface area contributed by atoms with Crippen molar-refractivity contribution in [2.24, 2.45) is 0 Å². The summed E-state index contributed by atoms with van der Waals surface area (Å²) < 4.78 is 2.17. The highest BCUT2D eigenvalue weighted by molar-refractivity contribution is 6.31. The molecule has 3 aromatic rings. The molecule has 1 fully saturated rings. The lowest BCUT2D eigenvalue weighted by molar-refractivity contribution is 0.0781. The maximum atomic E-state index is 13.3. The Kier molecular flexibility index (Phi) is 5.78. The normalized spacial score (nSPS) is 13.6. The summed E-state index contributed by atoms with van der Waals surface area (Å²) in [5.74, 6) is -0.451. The second kappa shape index (κ2) is 8.51. The average molecular weight is 439 g/mol. The standard InChI is InChI=1S/C23H23ClN4O3/c1-15-9-10-18(13-16(15)2)28-23(31)27(14-17-7-3-4-8-19(17)24)22(30)20(25-28)21(29)26-11-5-6-12-26/h3-4,7-10,13H,5-6,11-12,14H2,1-2H3. The Labute approximate surface area is 184 Å². The minimum atomic E-state index is -0.707. The van der Waals surface area contributed by atoms with Crippen molar-refractivity contribution in [3.8, 4) is 5.69 Å². The molecule has 0 radical (unpaired) electrons. The van der Waals surface area contributed by atoms with Crippen molar-refractivity contribution in [1.82, 2.24) is 19.2 Å². The van der Waals surface area contributed by atoms with Crippen molar-refractivity contribution in [3.63, 3.8) is 0 Å². The van der Waals surface area contributed by atoms with E-state index < -0.39 is 17.2 Å². The van der Waals surface area contributed by atoms with E-state index in [0.29, 0.717) is 29.4 Å². The van der Waals surface area contributed by atoms with Crippen molar-refractivity contribution in [3.05, 3.63) is 90.7 Å². The van der Waals surface area contributed by atoms with Crippen LogP contribution in [0.1, 0.15) is 40.0 Å². The molecule has 1 aromatic heterocycles. The van der Waals surface area contributed by atoms with Crippen LogP contribution in [0, 0.1) is 13.8 Å². The minimum absolute atomic E-state index is 0.0506. The lowest BCUT2D eigenvalue weighted by Crippen LogP contribution is -2.46. The van der Waals surface area contributed by atoms with Gasteiger partial charge in [-0.1, -0.05) is 35.9 Å². The molecular weight excluding hydrogens is 416 g/mol. The summed E-state index contributed by atoms with van der Waals surface area (Å²) >= 11 is 6.26. The summed E-state index contributed by atoms with van der Waals surface area (Å²) in [7, 11) is 0. The predicted octanol–water partition coefficient (Wildman–Crippen LogP) is 2.95. The molecule has 1 amide bonds. The highest BCUT2D eigenvalue weighted by Crippen LogP contribution is 2.16. The summed E-state index contributed by atoms with van der Waals surface area (Å²) in [6, 6.07) is 12.5. The molecule has 2 aromatic carbocycles. The molecule has 0 N–H and O–H groups in total. The Balaban J connectivity index is 1.92. The Bertz CT molecular complexity index is 1270. The Morgan fingerprint density at radius 1 is 1.03 bits per heavy atom. The van der Waals surface area contributed by atoms with Crippen molar-refractivity contribution in [2.75, 3.05) is 13.1 Å². The molecule has 0 spiro atoms. The molecule has 0 aliphatic carbocycles. The van der Waals surface area contributed by atoms with Crippen LogP contribution < -0.4 is 11.2 Å². The van der Waals surface area contributed by atoms with Gasteiger partial charge in [0.1, 0.15) is 0 Å². The number of nitrogens with zero attached hydrogens (tertiary/aromatic N) is 4. The molecule has 4 rings (SSSR count). The molecule has 0 saturated carbocycles. The summed E-state index contributed by atoms with van der Waals surface area (Å²) in [6.45, 7) is 5.00. The first-order valence-corrected chi connectivity index (χ1v) is 10.6. The highest BCUT2D eigenvalue weighted by atomic mass is 35.5. The van der Waals surface area contributed by atoms with E-state index in [1.54, 1.807) is 35.2 Å². The monoisotopic (exact) mass is 438 g/mol. The molecule has 160 valence electrons. The third-order valence-corrected chi connectivity index (χ3v) is 6.05. The molecule has 31 heavy (non-hydrogen) atoms. The van der Waals surface area contributed by atoms with Gasteiger partial charge in [0, 0.05) is 18.1 Å². The maximum Gasteiger partial charge on any atom is 0.352 e. The Hall–Kier alpha value is -3.19. The van der Waals surface area contributed by atoms with Crippen molar-refractivity contribution in [1.29, 1.82) is 0 Å². The molecular formula is C23H23ClN4O3. The van der Waals surface area contributed by atoms with Gasteiger partial charge in [0.25, 0.3) is 11.5 Å². The van der Waals surface area contributed by atoms with Crippen LogP contribution in [0.5, 0.6) is 0 Å². The van der Waals surface area contributed by atoms with Crippen molar-refractivity contribution >= 4 is 17.5 Å². The van der Waals surface area contributed by atoms with Gasteiger partial charge in [0.05, 0.1) is 12.2 Å². The first kappa shape index (κ1) is 21.1. The Morgan fingerprint density at radius 3 is 2.42 bits per heavy atom. The third-order valence-electron chi connectivity index (χ3n) is 5.68. The van der Waals surface area contributed by atoms with Gasteiger partial charge >= 0.3 is 5.69 Å². The number of amides is 1. The molecule has 0 atom stereocenters. The molecule has 8 heteroatoms. The molecule has 0 bridgehead atoms. The number of aryl methyl sites for hydroxylation is 2. The zero-order valence-corrected chi connectivity index (χ0v) is 18.2. The van der Waals surface area contributed by atoms with Crippen LogP contribution in [0.25, 0.3) is 5.69 Å². The van der Waals surface area contributed by atoms with Crippen molar-refractivity contribution < 1.29 is 4.79 Å². The van der Waals surface area contributed by atoms with Gasteiger partial charge in [-0.15, -0.1) is 0 Å². The Morgan fingerprint density at radius 2 is 1.74 bits per heavy atom. The number of rotatable bonds is 4. The molecule has 1 aliphatic rings. The van der Waals surface area contributed by atoms with E-state index in [-0.39, 0.29) is 12.2 Å². The smallest absolute Gasteiger partial charge is 0.337 e. The number of carbonyl (C=O) groups is 1. The van der Waals surface area contributed by atoms with Gasteiger partial charge in [-0.3, -0.25) is 14.2 Å². The summed E-state index contributed by atoms with van der Waals surface area (Å²) in [4.78, 5) is 41.2. The molecule has 0 unspecified atom stereocenters. The number of halogens is 1. The highest BCUT2D eigenvalue weighted by Gasteiger charge is 2.27. The number of likely N-dealkylation sites (tertiary alicyclic amines) is 1. The van der Waals surface area contributed by atoms with Gasteiger partial charge in [-0.05, 0) is 61.6 Å². The summed E-state index contributed by atoms with van der Waals surface area (Å²) in [6.07, 6.45) is 1.77. The fourth-order valence-corrected chi connectivity index (χ4v) is 3.88. The number of aromatic nitrogens is 3. The van der Waals surface area contributed by atoms with Crippen LogP contribution in [0.15, 0.2) is 52.1 Å². The van der Waals surface area contributed by atoms with Gasteiger partial charge in [-0.2, -0.15) is 9.78 Å². The SMILES string of the molecule is Cc1ccc(-n2nc(C(=O)N3CCCC3)c(=O)n(Cc3ccccc3Cl)c2=O)cc1C. The second-order valence-corrected chi connectivity index (χ2v) is 8.20. The lowest BCUT2D eigenvalue weighted by Gasteiger charge is -2.17. The van der Waals surface area contributed by atoms with Crippen LogP contribution >= 0.6 is 11.6 Å². The fraction of sp³-hybridized carbons (Fsp3) is 0.304. The van der Waals surface area contributed by atoms with Gasteiger partial charge in [0.2, 0.25) is 5.69 Å². The number of benzene rings is 2. The second-order valence-electron chi connectivity index (χ2n) is 7.79. The summed E-state index contributed by atoms with van der Waals surface area (Å²) in [5, 5.41) is 4.67. The van der Waals surface area contributed by atoms with Crippen LogP contribution in [0.2, 0.25) is 5.02 Å². The van der Waals surface area contributed by atoms with Gasteiger partial charge in [0.15, 0.2) is 0 Å². The number of carbonyl (C=O) groups excluding carboxylic acids is 1. The quantitative estimate of drug-likeness (QED) is 0.627. The number of hydrogen-bond acceptors (Lipinski definition) is 4. The van der Waals surface area contributed by atoms with Crippen LogP contribution in [-0.4, -0.2) is 38.2 Å². The summed E-state index contributed by atoms with van der Waals surface area (Å²) in [5.41, 5.74) is 1.56. The fourth-order valence-electron chi connectivity index (χ4n) is 3.68. The van der Waals surface area contributed by atoms with E-state index in [1.165, 1.54) is 0 Å². The molecule has 7 nitrogen and oxygen atoms in total. The molecule has 2 heterocycles. The van der Waals surface area contributed by atoms with E-state index >= 15 is 0 Å². The zero-order valence-electron chi connectivity index (χ0n) is 17.5. The van der Waals surface area contributed by atoms with E-state index in [0.717, 1.165) is 33.2 Å². The van der Waals surface area contributed by atoms with E-state index in [9.17, 15) is 14.4 Å². The van der Waals surface area contributed by atoms with Crippen LogP contribution in [-0.2, 0) is 6.54 Å².